The van der Waals surface area contributed by atoms with E-state index in [0.717, 1.165) is 6.54 Å². The monoisotopic (exact) mass is 284 g/mol. The zero-order chi connectivity index (χ0) is 14.4. The lowest BCUT2D eigenvalue weighted by Crippen LogP contribution is -2.14. The van der Waals surface area contributed by atoms with Crippen LogP contribution in [0.4, 0.5) is 5.69 Å². The first-order valence-corrected chi connectivity index (χ1v) is 6.58. The second kappa shape index (κ2) is 7.10. The molecule has 0 saturated carbocycles. The van der Waals surface area contributed by atoms with Crippen LogP contribution < -0.4 is 0 Å². The van der Waals surface area contributed by atoms with E-state index in [2.05, 4.69) is 4.74 Å². The van der Waals surface area contributed by atoms with Gasteiger partial charge < -0.3 is 9.64 Å². The first-order valence-electron chi connectivity index (χ1n) is 5.60. The molecule has 104 valence electrons. The molecule has 0 aliphatic rings. The van der Waals surface area contributed by atoms with Crippen LogP contribution >= 0.6 is 11.8 Å². The van der Waals surface area contributed by atoms with Crippen molar-refractivity contribution in [1.82, 2.24) is 4.90 Å². The topological polar surface area (TPSA) is 72.7 Å². The molecule has 0 saturated heterocycles. The number of ether oxygens (including phenoxy) is 1. The SMILES string of the molecule is COC(=O)c1ccc([N+](=O)[O-])c(SCCN(C)C)c1. The highest BCUT2D eigenvalue weighted by molar-refractivity contribution is 7.99. The smallest absolute Gasteiger partial charge is 0.337 e. The average Bonchev–Trinajstić information content (AvgIpc) is 2.37. The molecule has 0 heterocycles. The van der Waals surface area contributed by atoms with Gasteiger partial charge in [0.1, 0.15) is 0 Å². The molecule has 7 heteroatoms. The summed E-state index contributed by atoms with van der Waals surface area (Å²) in [4.78, 5) is 24.4. The Kier molecular flexibility index (Phi) is 5.78. The van der Waals surface area contributed by atoms with Crippen LogP contribution in [-0.2, 0) is 4.74 Å². The van der Waals surface area contributed by atoms with E-state index in [1.54, 1.807) is 0 Å². The Morgan fingerprint density at radius 2 is 2.16 bits per heavy atom. The van der Waals surface area contributed by atoms with Crippen LogP contribution in [0.3, 0.4) is 0 Å². The molecule has 6 nitrogen and oxygen atoms in total. The normalized spacial score (nSPS) is 10.5. The van der Waals surface area contributed by atoms with Gasteiger partial charge in [-0.15, -0.1) is 11.8 Å². The minimum Gasteiger partial charge on any atom is -0.465 e. The molecule has 0 amide bonds. The number of thioether (sulfide) groups is 1. The number of benzene rings is 1. The number of carbonyl (C=O) groups is 1. The first-order chi connectivity index (χ1) is 8.95. The number of hydrogen-bond acceptors (Lipinski definition) is 6. The Morgan fingerprint density at radius 1 is 1.47 bits per heavy atom. The van der Waals surface area contributed by atoms with Crippen molar-refractivity contribution in [3.05, 3.63) is 33.9 Å². The fourth-order valence-electron chi connectivity index (χ4n) is 1.36. The lowest BCUT2D eigenvalue weighted by molar-refractivity contribution is -0.387. The van der Waals surface area contributed by atoms with Gasteiger partial charge in [0.15, 0.2) is 0 Å². The number of nitrogens with zero attached hydrogens (tertiary/aromatic N) is 2. The molecule has 0 N–H and O–H groups in total. The Labute approximate surface area is 115 Å². The van der Waals surface area contributed by atoms with Gasteiger partial charge in [-0.3, -0.25) is 10.1 Å². The predicted molar refractivity (Wildman–Crippen MR) is 73.7 cm³/mol. The molecule has 0 bridgehead atoms. The summed E-state index contributed by atoms with van der Waals surface area (Å²) in [6.07, 6.45) is 0. The van der Waals surface area contributed by atoms with Crippen LogP contribution in [0.2, 0.25) is 0 Å². The summed E-state index contributed by atoms with van der Waals surface area (Å²) < 4.78 is 4.61. The van der Waals surface area contributed by atoms with Crippen molar-refractivity contribution in [3.63, 3.8) is 0 Å². The Morgan fingerprint density at radius 3 is 2.68 bits per heavy atom. The molecule has 1 rings (SSSR count). The maximum Gasteiger partial charge on any atom is 0.337 e. The molecule has 19 heavy (non-hydrogen) atoms. The number of nitro groups is 1. The van der Waals surface area contributed by atoms with Gasteiger partial charge in [-0.05, 0) is 26.2 Å². The molecule has 0 aliphatic heterocycles. The molecule has 0 atom stereocenters. The van der Waals surface area contributed by atoms with Crippen LogP contribution in [0.1, 0.15) is 10.4 Å². The highest BCUT2D eigenvalue weighted by Gasteiger charge is 2.17. The summed E-state index contributed by atoms with van der Waals surface area (Å²) in [6.45, 7) is 0.796. The van der Waals surface area contributed by atoms with Crippen LogP contribution in [-0.4, -0.2) is 49.3 Å². The summed E-state index contributed by atoms with van der Waals surface area (Å²) in [6, 6.07) is 4.24. The van der Waals surface area contributed by atoms with Gasteiger partial charge in [0, 0.05) is 18.4 Å². The summed E-state index contributed by atoms with van der Waals surface area (Å²) in [5.74, 6) is 0.211. The van der Waals surface area contributed by atoms with Crippen LogP contribution in [0.15, 0.2) is 23.1 Å². The molecule has 0 radical (unpaired) electrons. The molecule has 1 aromatic carbocycles. The molecular formula is C12H16N2O4S. The van der Waals surface area contributed by atoms with E-state index < -0.39 is 10.9 Å². The highest BCUT2D eigenvalue weighted by Crippen LogP contribution is 2.30. The number of hydrogen-bond donors (Lipinski definition) is 0. The van der Waals surface area contributed by atoms with Gasteiger partial charge in [0.25, 0.3) is 5.69 Å². The first kappa shape index (κ1) is 15.5. The molecule has 0 spiro atoms. The molecule has 1 aromatic rings. The summed E-state index contributed by atoms with van der Waals surface area (Å²) in [5.41, 5.74) is 0.330. The molecule has 0 aliphatic carbocycles. The molecule has 0 aromatic heterocycles. The van der Waals surface area contributed by atoms with Crippen LogP contribution in [0, 0.1) is 10.1 Å². The van der Waals surface area contributed by atoms with Crippen molar-refractivity contribution in [2.24, 2.45) is 0 Å². The van der Waals surface area contributed by atoms with Gasteiger partial charge in [0.05, 0.1) is 22.5 Å². The van der Waals surface area contributed by atoms with Crippen molar-refractivity contribution in [2.45, 2.75) is 4.90 Å². The van der Waals surface area contributed by atoms with Gasteiger partial charge in [0.2, 0.25) is 0 Å². The van der Waals surface area contributed by atoms with Crippen molar-refractivity contribution in [3.8, 4) is 0 Å². The standard InChI is InChI=1S/C12H16N2O4S/c1-13(2)6-7-19-11-8-9(12(15)18-3)4-5-10(11)14(16)17/h4-5,8H,6-7H2,1-3H3. The Balaban J connectivity index is 2.95. The maximum atomic E-state index is 11.4. The Hall–Kier alpha value is -1.60. The van der Waals surface area contributed by atoms with Crippen molar-refractivity contribution in [2.75, 3.05) is 33.5 Å². The van der Waals surface area contributed by atoms with Crippen molar-refractivity contribution >= 4 is 23.4 Å². The molecular weight excluding hydrogens is 268 g/mol. The number of rotatable bonds is 6. The second-order valence-corrected chi connectivity index (χ2v) is 5.22. The Bertz CT molecular complexity index is 477. The zero-order valence-corrected chi connectivity index (χ0v) is 11.9. The van der Waals surface area contributed by atoms with E-state index in [-0.39, 0.29) is 5.69 Å². The minimum absolute atomic E-state index is 0.0106. The largest absolute Gasteiger partial charge is 0.465 e. The maximum absolute atomic E-state index is 11.4. The van der Waals surface area contributed by atoms with Gasteiger partial charge in [-0.1, -0.05) is 0 Å². The van der Waals surface area contributed by atoms with Crippen LogP contribution in [0.5, 0.6) is 0 Å². The summed E-state index contributed by atoms with van der Waals surface area (Å²) in [5, 5.41) is 10.9. The number of carbonyl (C=O) groups excluding carboxylic acids is 1. The fraction of sp³-hybridized carbons (Fsp3) is 0.417. The second-order valence-electron chi connectivity index (χ2n) is 4.08. The fourth-order valence-corrected chi connectivity index (χ4v) is 2.54. The number of methoxy groups -OCH3 is 1. The molecule has 0 unspecified atom stereocenters. The minimum atomic E-state index is -0.496. The van der Waals surface area contributed by atoms with E-state index in [4.69, 9.17) is 0 Å². The third-order valence-electron chi connectivity index (χ3n) is 2.37. The third kappa shape index (κ3) is 4.53. The van der Waals surface area contributed by atoms with E-state index in [1.807, 2.05) is 19.0 Å². The van der Waals surface area contributed by atoms with E-state index in [1.165, 1.54) is 37.1 Å². The predicted octanol–water partition coefficient (Wildman–Crippen LogP) is 2.04. The van der Waals surface area contributed by atoms with Gasteiger partial charge >= 0.3 is 5.97 Å². The highest BCUT2D eigenvalue weighted by atomic mass is 32.2. The van der Waals surface area contributed by atoms with Crippen LogP contribution in [0.25, 0.3) is 0 Å². The van der Waals surface area contributed by atoms with Crippen molar-refractivity contribution < 1.29 is 14.5 Å². The molecule has 0 fully saturated rings. The van der Waals surface area contributed by atoms with Crippen molar-refractivity contribution in [1.29, 1.82) is 0 Å². The average molecular weight is 284 g/mol. The van der Waals surface area contributed by atoms with E-state index >= 15 is 0 Å². The zero-order valence-electron chi connectivity index (χ0n) is 11.1. The summed E-state index contributed by atoms with van der Waals surface area (Å²) in [7, 11) is 5.14. The lowest BCUT2D eigenvalue weighted by Gasteiger charge is -2.09. The summed E-state index contributed by atoms with van der Waals surface area (Å²) >= 11 is 1.35. The van der Waals surface area contributed by atoms with Gasteiger partial charge in [-0.2, -0.15) is 0 Å². The van der Waals surface area contributed by atoms with E-state index in [9.17, 15) is 14.9 Å². The lowest BCUT2D eigenvalue weighted by atomic mass is 10.2. The van der Waals surface area contributed by atoms with E-state index in [0.29, 0.717) is 16.2 Å². The number of esters is 1. The quantitative estimate of drug-likeness (QED) is 0.344. The third-order valence-corrected chi connectivity index (χ3v) is 3.40. The number of nitro benzene ring substituents is 1. The van der Waals surface area contributed by atoms with Gasteiger partial charge in [-0.25, -0.2) is 4.79 Å².